The lowest BCUT2D eigenvalue weighted by Crippen LogP contribution is -2.21. The molecule has 2 rings (SSSR count). The van der Waals surface area contributed by atoms with E-state index in [0.29, 0.717) is 5.78 Å². The number of ketones is 1. The van der Waals surface area contributed by atoms with E-state index in [1.54, 1.807) is 0 Å². The molecule has 1 heterocycles. The number of aromatic nitrogens is 1. The molecule has 1 aliphatic carbocycles. The number of hydrogen-bond donors (Lipinski definition) is 1. The molecule has 0 atom stereocenters. The molecule has 1 fully saturated rings. The molecular weight excluding hydrogens is 210 g/mol. The predicted octanol–water partition coefficient (Wildman–Crippen LogP) is 4.19. The highest BCUT2D eigenvalue weighted by Crippen LogP contribution is 2.33. The van der Waals surface area contributed by atoms with Crippen molar-refractivity contribution < 1.29 is 4.79 Å². The summed E-state index contributed by atoms with van der Waals surface area (Å²) in [6.45, 7) is 2.25. The summed E-state index contributed by atoms with van der Waals surface area (Å²) in [7, 11) is 0. The van der Waals surface area contributed by atoms with Crippen molar-refractivity contribution in [2.24, 2.45) is 11.8 Å². The largest absolute Gasteiger partial charge is 0.367 e. The molecule has 0 aliphatic heterocycles. The zero-order chi connectivity index (χ0) is 12.1. The first kappa shape index (κ1) is 12.4. The summed E-state index contributed by atoms with van der Waals surface area (Å²) < 4.78 is 0. The number of Topliss-reactive ketones (excluding diaryl/α,β-unsaturated/α-hetero) is 1. The molecule has 1 saturated carbocycles. The van der Waals surface area contributed by atoms with Gasteiger partial charge in [-0.2, -0.15) is 0 Å². The van der Waals surface area contributed by atoms with Gasteiger partial charge in [-0.1, -0.05) is 26.2 Å². The Labute approximate surface area is 104 Å². The Balaban J connectivity index is 1.81. The van der Waals surface area contributed by atoms with E-state index in [4.69, 9.17) is 0 Å². The van der Waals surface area contributed by atoms with Gasteiger partial charge in [0.05, 0.1) is 0 Å². The normalized spacial score (nSPS) is 24.8. The van der Waals surface area contributed by atoms with Crippen molar-refractivity contribution in [2.75, 3.05) is 0 Å². The minimum Gasteiger partial charge on any atom is -0.367 e. The molecule has 0 saturated heterocycles. The van der Waals surface area contributed by atoms with E-state index in [-0.39, 0.29) is 5.92 Å². The number of H-pyrrole nitrogens is 1. The second-order valence-electron chi connectivity index (χ2n) is 5.32. The van der Waals surface area contributed by atoms with E-state index in [2.05, 4.69) is 11.9 Å². The first-order valence-corrected chi connectivity index (χ1v) is 6.98. The molecule has 1 N–H and O–H groups in total. The maximum Gasteiger partial charge on any atom is 0.167 e. The average Bonchev–Trinajstić information content (AvgIpc) is 2.90. The Morgan fingerprint density at radius 1 is 1.35 bits per heavy atom. The fraction of sp³-hybridized carbons (Fsp3) is 0.667. The molecule has 94 valence electrons. The van der Waals surface area contributed by atoms with Crippen molar-refractivity contribution in [1.29, 1.82) is 0 Å². The molecule has 1 aliphatic rings. The van der Waals surface area contributed by atoms with E-state index in [1.807, 2.05) is 18.5 Å². The van der Waals surface area contributed by atoms with Crippen molar-refractivity contribution >= 4 is 5.78 Å². The van der Waals surface area contributed by atoms with Gasteiger partial charge < -0.3 is 4.98 Å². The van der Waals surface area contributed by atoms with Crippen molar-refractivity contribution in [3.63, 3.8) is 0 Å². The summed E-state index contributed by atoms with van der Waals surface area (Å²) >= 11 is 0. The fourth-order valence-electron chi connectivity index (χ4n) is 2.92. The highest BCUT2D eigenvalue weighted by Gasteiger charge is 2.26. The van der Waals surface area contributed by atoms with Crippen LogP contribution in [0.4, 0.5) is 0 Å². The van der Waals surface area contributed by atoms with Crippen LogP contribution >= 0.6 is 0 Å². The lowest BCUT2D eigenvalue weighted by Gasteiger charge is -2.27. The molecule has 0 bridgehead atoms. The Morgan fingerprint density at radius 2 is 2.12 bits per heavy atom. The van der Waals surface area contributed by atoms with E-state index in [0.717, 1.165) is 24.3 Å². The molecule has 0 aromatic carbocycles. The number of nitrogens with one attached hydrogen (secondary N) is 1. The smallest absolute Gasteiger partial charge is 0.167 e. The van der Waals surface area contributed by atoms with Gasteiger partial charge in [0.1, 0.15) is 0 Å². The predicted molar refractivity (Wildman–Crippen MR) is 70.1 cm³/mol. The number of carbonyl (C=O) groups is 1. The van der Waals surface area contributed by atoms with E-state index >= 15 is 0 Å². The molecule has 0 spiro atoms. The maximum absolute atomic E-state index is 12.2. The van der Waals surface area contributed by atoms with Crippen LogP contribution in [0.5, 0.6) is 0 Å². The van der Waals surface area contributed by atoms with Crippen LogP contribution in [-0.2, 0) is 0 Å². The third-order valence-corrected chi connectivity index (χ3v) is 4.07. The second-order valence-corrected chi connectivity index (χ2v) is 5.32. The maximum atomic E-state index is 12.2. The SMILES string of the molecule is CCCCC1CCC(C(=O)c2cc[nH]c2)CC1. The van der Waals surface area contributed by atoms with Crippen molar-refractivity contribution in [2.45, 2.75) is 51.9 Å². The average molecular weight is 233 g/mol. The molecular formula is C15H23NO. The zero-order valence-electron chi connectivity index (χ0n) is 10.7. The van der Waals surface area contributed by atoms with Crippen LogP contribution in [0.25, 0.3) is 0 Å². The molecule has 0 amide bonds. The van der Waals surface area contributed by atoms with Gasteiger partial charge in [-0.25, -0.2) is 0 Å². The van der Waals surface area contributed by atoms with E-state index in [9.17, 15) is 4.79 Å². The summed E-state index contributed by atoms with van der Waals surface area (Å²) in [5.74, 6) is 1.51. The third-order valence-electron chi connectivity index (χ3n) is 4.07. The van der Waals surface area contributed by atoms with Crippen LogP contribution < -0.4 is 0 Å². The standard InChI is InChI=1S/C15H23NO/c1-2-3-4-12-5-7-13(8-6-12)15(17)14-9-10-16-11-14/h9-13,16H,2-8H2,1H3. The van der Waals surface area contributed by atoms with Crippen LogP contribution in [0, 0.1) is 11.8 Å². The van der Waals surface area contributed by atoms with E-state index < -0.39 is 0 Å². The quantitative estimate of drug-likeness (QED) is 0.760. The highest BCUT2D eigenvalue weighted by atomic mass is 16.1. The summed E-state index contributed by atoms with van der Waals surface area (Å²) in [5, 5.41) is 0. The van der Waals surface area contributed by atoms with Gasteiger partial charge in [0.2, 0.25) is 0 Å². The highest BCUT2D eigenvalue weighted by molar-refractivity contribution is 5.97. The van der Waals surface area contributed by atoms with Crippen LogP contribution in [0.1, 0.15) is 62.2 Å². The summed E-state index contributed by atoms with van der Waals surface area (Å²) in [6.07, 6.45) is 12.4. The topological polar surface area (TPSA) is 32.9 Å². The van der Waals surface area contributed by atoms with Crippen molar-refractivity contribution in [3.8, 4) is 0 Å². The number of aromatic amines is 1. The first-order valence-electron chi connectivity index (χ1n) is 6.98. The summed E-state index contributed by atoms with van der Waals surface area (Å²) in [6, 6.07) is 1.89. The number of hydrogen-bond acceptors (Lipinski definition) is 1. The lowest BCUT2D eigenvalue weighted by molar-refractivity contribution is 0.0869. The van der Waals surface area contributed by atoms with Gasteiger partial charge in [0.25, 0.3) is 0 Å². The summed E-state index contributed by atoms with van der Waals surface area (Å²) in [5.41, 5.74) is 0.863. The van der Waals surface area contributed by atoms with Gasteiger partial charge in [-0.05, 0) is 37.7 Å². The Hall–Kier alpha value is -1.05. The molecule has 17 heavy (non-hydrogen) atoms. The number of unbranched alkanes of at least 4 members (excludes halogenated alkanes) is 1. The first-order chi connectivity index (χ1) is 8.31. The molecule has 2 heteroatoms. The third kappa shape index (κ3) is 3.21. The van der Waals surface area contributed by atoms with Gasteiger partial charge in [-0.3, -0.25) is 4.79 Å². The Morgan fingerprint density at radius 3 is 2.71 bits per heavy atom. The summed E-state index contributed by atoms with van der Waals surface area (Å²) in [4.78, 5) is 15.1. The van der Waals surface area contributed by atoms with Gasteiger partial charge in [0, 0.05) is 23.9 Å². The minimum absolute atomic E-state index is 0.281. The van der Waals surface area contributed by atoms with Crippen LogP contribution in [0.15, 0.2) is 18.5 Å². The van der Waals surface area contributed by atoms with Crippen molar-refractivity contribution in [1.82, 2.24) is 4.98 Å². The van der Waals surface area contributed by atoms with Crippen LogP contribution in [-0.4, -0.2) is 10.8 Å². The van der Waals surface area contributed by atoms with Gasteiger partial charge in [0.15, 0.2) is 5.78 Å². The van der Waals surface area contributed by atoms with Crippen LogP contribution in [0.2, 0.25) is 0 Å². The van der Waals surface area contributed by atoms with E-state index in [1.165, 1.54) is 32.1 Å². The second kappa shape index (κ2) is 6.04. The molecule has 0 unspecified atom stereocenters. The fourth-order valence-corrected chi connectivity index (χ4v) is 2.92. The minimum atomic E-state index is 0.281. The Kier molecular flexibility index (Phi) is 4.41. The Bertz CT molecular complexity index is 334. The number of rotatable bonds is 5. The van der Waals surface area contributed by atoms with Gasteiger partial charge in [-0.15, -0.1) is 0 Å². The zero-order valence-corrected chi connectivity index (χ0v) is 10.7. The molecule has 0 radical (unpaired) electrons. The molecule has 1 aromatic rings. The molecule has 1 aromatic heterocycles. The lowest BCUT2D eigenvalue weighted by atomic mass is 9.77. The number of carbonyl (C=O) groups excluding carboxylic acids is 1. The monoisotopic (exact) mass is 233 g/mol. The van der Waals surface area contributed by atoms with Crippen molar-refractivity contribution in [3.05, 3.63) is 24.0 Å². The van der Waals surface area contributed by atoms with Crippen LogP contribution in [0.3, 0.4) is 0 Å². The van der Waals surface area contributed by atoms with Gasteiger partial charge >= 0.3 is 0 Å². The molecule has 2 nitrogen and oxygen atoms in total.